The SMILES string of the molecule is CSc1cccc(NC(=O)CSc2nnc(COc3ccccc3)n2C)c1. The molecule has 0 fully saturated rings. The topological polar surface area (TPSA) is 69.0 Å². The molecule has 3 aromatic rings. The van der Waals surface area contributed by atoms with Crippen LogP contribution in [0.3, 0.4) is 0 Å². The molecule has 0 spiro atoms. The molecule has 1 heterocycles. The minimum absolute atomic E-state index is 0.0802. The number of nitrogens with one attached hydrogen (secondary N) is 1. The summed E-state index contributed by atoms with van der Waals surface area (Å²) in [6.45, 7) is 0.321. The van der Waals surface area contributed by atoms with E-state index in [1.807, 2.05) is 72.5 Å². The number of aromatic nitrogens is 3. The Morgan fingerprint density at radius 3 is 2.74 bits per heavy atom. The number of ether oxygens (including phenoxy) is 1. The van der Waals surface area contributed by atoms with Crippen LogP contribution < -0.4 is 10.1 Å². The first-order valence-corrected chi connectivity index (χ1v) is 10.5. The van der Waals surface area contributed by atoms with Crippen molar-refractivity contribution in [3.63, 3.8) is 0 Å². The number of rotatable bonds is 8. The van der Waals surface area contributed by atoms with Crippen molar-refractivity contribution in [2.45, 2.75) is 16.7 Å². The fourth-order valence-electron chi connectivity index (χ4n) is 2.29. The summed E-state index contributed by atoms with van der Waals surface area (Å²) in [4.78, 5) is 13.3. The highest BCUT2D eigenvalue weighted by atomic mass is 32.2. The second-order valence-corrected chi connectivity index (χ2v) is 7.45. The van der Waals surface area contributed by atoms with Crippen molar-refractivity contribution in [3.05, 3.63) is 60.4 Å². The Kier molecular flexibility index (Phi) is 6.78. The number of nitrogens with zero attached hydrogens (tertiary/aromatic N) is 3. The van der Waals surface area contributed by atoms with Crippen LogP contribution in [0.25, 0.3) is 0 Å². The second-order valence-electron chi connectivity index (χ2n) is 5.63. The van der Waals surface area contributed by atoms with E-state index in [1.54, 1.807) is 11.8 Å². The number of carbonyl (C=O) groups excluding carboxylic acids is 1. The van der Waals surface area contributed by atoms with Crippen LogP contribution in [0, 0.1) is 0 Å². The van der Waals surface area contributed by atoms with E-state index < -0.39 is 0 Å². The Morgan fingerprint density at radius 1 is 1.15 bits per heavy atom. The number of amides is 1. The minimum atomic E-state index is -0.0802. The first-order valence-electron chi connectivity index (χ1n) is 8.28. The lowest BCUT2D eigenvalue weighted by Crippen LogP contribution is -2.14. The van der Waals surface area contributed by atoms with Crippen molar-refractivity contribution in [3.8, 4) is 5.75 Å². The largest absolute Gasteiger partial charge is 0.486 e. The zero-order chi connectivity index (χ0) is 19.1. The standard InChI is InChI=1S/C19H20N4O2S2/c1-23-17(12-25-15-8-4-3-5-9-15)21-22-19(23)27-13-18(24)20-14-7-6-10-16(11-14)26-2/h3-11H,12-13H2,1-2H3,(H,20,24). The summed E-state index contributed by atoms with van der Waals surface area (Å²) in [5.74, 6) is 1.66. The number of anilines is 1. The van der Waals surface area contributed by atoms with Gasteiger partial charge in [-0.25, -0.2) is 0 Å². The molecule has 0 unspecified atom stereocenters. The maximum atomic E-state index is 12.2. The average molecular weight is 401 g/mol. The van der Waals surface area contributed by atoms with Gasteiger partial charge in [0.25, 0.3) is 0 Å². The lowest BCUT2D eigenvalue weighted by atomic mass is 10.3. The first-order chi connectivity index (χ1) is 13.2. The quantitative estimate of drug-likeness (QED) is 0.579. The Morgan fingerprint density at radius 2 is 1.96 bits per heavy atom. The smallest absolute Gasteiger partial charge is 0.234 e. The van der Waals surface area contributed by atoms with Crippen LogP contribution in [0.5, 0.6) is 5.75 Å². The van der Waals surface area contributed by atoms with E-state index in [9.17, 15) is 4.79 Å². The molecule has 3 rings (SSSR count). The monoisotopic (exact) mass is 400 g/mol. The van der Waals surface area contributed by atoms with Gasteiger partial charge in [-0.1, -0.05) is 36.0 Å². The number of hydrogen-bond acceptors (Lipinski definition) is 6. The third kappa shape index (κ3) is 5.51. The van der Waals surface area contributed by atoms with E-state index in [0.717, 1.165) is 16.3 Å². The Bertz CT molecular complexity index is 900. The fraction of sp³-hybridized carbons (Fsp3) is 0.211. The van der Waals surface area contributed by atoms with Gasteiger partial charge in [-0.3, -0.25) is 4.79 Å². The van der Waals surface area contributed by atoms with Gasteiger partial charge in [0, 0.05) is 17.6 Å². The number of benzene rings is 2. The van der Waals surface area contributed by atoms with Gasteiger partial charge in [-0.15, -0.1) is 22.0 Å². The van der Waals surface area contributed by atoms with Crippen LogP contribution in [0.15, 0.2) is 64.6 Å². The molecule has 0 aliphatic carbocycles. The maximum Gasteiger partial charge on any atom is 0.234 e. The molecule has 0 atom stereocenters. The third-order valence-corrected chi connectivity index (χ3v) is 5.47. The van der Waals surface area contributed by atoms with Crippen molar-refractivity contribution < 1.29 is 9.53 Å². The van der Waals surface area contributed by atoms with Gasteiger partial charge in [0.2, 0.25) is 5.91 Å². The summed E-state index contributed by atoms with van der Waals surface area (Å²) < 4.78 is 7.54. The molecule has 8 heteroatoms. The van der Waals surface area contributed by atoms with Crippen molar-refractivity contribution in [2.75, 3.05) is 17.3 Å². The molecule has 0 aliphatic rings. The molecular weight excluding hydrogens is 380 g/mol. The number of para-hydroxylation sites is 1. The van der Waals surface area contributed by atoms with Crippen LogP contribution in [0.1, 0.15) is 5.82 Å². The molecule has 6 nitrogen and oxygen atoms in total. The van der Waals surface area contributed by atoms with Crippen LogP contribution in [-0.2, 0) is 18.4 Å². The molecule has 0 saturated heterocycles. The highest BCUT2D eigenvalue weighted by molar-refractivity contribution is 7.99. The molecule has 0 radical (unpaired) electrons. The highest BCUT2D eigenvalue weighted by Gasteiger charge is 2.12. The summed E-state index contributed by atoms with van der Waals surface area (Å²) in [7, 11) is 1.87. The number of hydrogen-bond donors (Lipinski definition) is 1. The first kappa shape index (κ1) is 19.3. The number of thioether (sulfide) groups is 2. The minimum Gasteiger partial charge on any atom is -0.486 e. The molecular formula is C19H20N4O2S2. The summed E-state index contributed by atoms with van der Waals surface area (Å²) in [6, 6.07) is 17.3. The zero-order valence-corrected chi connectivity index (χ0v) is 16.7. The average Bonchev–Trinajstić information content (AvgIpc) is 3.05. The van der Waals surface area contributed by atoms with Gasteiger partial charge in [0.05, 0.1) is 5.75 Å². The molecule has 0 bridgehead atoms. The van der Waals surface area contributed by atoms with E-state index in [1.165, 1.54) is 11.8 Å². The molecule has 27 heavy (non-hydrogen) atoms. The van der Waals surface area contributed by atoms with Gasteiger partial charge in [-0.2, -0.15) is 0 Å². The summed E-state index contributed by atoms with van der Waals surface area (Å²) in [5.41, 5.74) is 0.794. The van der Waals surface area contributed by atoms with Crippen LogP contribution in [-0.4, -0.2) is 32.7 Å². The Labute approximate surface area is 166 Å². The van der Waals surface area contributed by atoms with Crippen molar-refractivity contribution in [1.82, 2.24) is 14.8 Å². The van der Waals surface area contributed by atoms with Crippen molar-refractivity contribution in [2.24, 2.45) is 7.05 Å². The van der Waals surface area contributed by atoms with E-state index in [4.69, 9.17) is 4.74 Å². The molecule has 0 aliphatic heterocycles. The molecule has 0 saturated carbocycles. The van der Waals surface area contributed by atoms with E-state index in [0.29, 0.717) is 17.6 Å². The van der Waals surface area contributed by atoms with E-state index >= 15 is 0 Å². The van der Waals surface area contributed by atoms with Gasteiger partial charge in [0.15, 0.2) is 11.0 Å². The molecule has 140 valence electrons. The summed E-state index contributed by atoms with van der Waals surface area (Å²) in [5, 5.41) is 11.9. The predicted octanol–water partition coefficient (Wildman–Crippen LogP) is 3.85. The normalized spacial score (nSPS) is 10.6. The fourth-order valence-corrected chi connectivity index (χ4v) is 3.48. The van der Waals surface area contributed by atoms with E-state index in [2.05, 4.69) is 15.5 Å². The lowest BCUT2D eigenvalue weighted by molar-refractivity contribution is -0.113. The van der Waals surface area contributed by atoms with E-state index in [-0.39, 0.29) is 11.7 Å². The summed E-state index contributed by atoms with van der Waals surface area (Å²) >= 11 is 2.98. The molecule has 2 aromatic carbocycles. The molecule has 1 N–H and O–H groups in total. The van der Waals surface area contributed by atoms with Crippen LogP contribution >= 0.6 is 23.5 Å². The predicted molar refractivity (Wildman–Crippen MR) is 109 cm³/mol. The number of carbonyl (C=O) groups is 1. The lowest BCUT2D eigenvalue weighted by Gasteiger charge is -2.07. The second kappa shape index (κ2) is 9.48. The van der Waals surface area contributed by atoms with Crippen molar-refractivity contribution >= 4 is 35.1 Å². The van der Waals surface area contributed by atoms with Gasteiger partial charge in [-0.05, 0) is 36.6 Å². The summed E-state index contributed by atoms with van der Waals surface area (Å²) in [6.07, 6.45) is 2.00. The van der Waals surface area contributed by atoms with Crippen LogP contribution in [0.2, 0.25) is 0 Å². The Balaban J connectivity index is 1.52. The van der Waals surface area contributed by atoms with Crippen LogP contribution in [0.4, 0.5) is 5.69 Å². The Hall–Kier alpha value is -2.45. The van der Waals surface area contributed by atoms with Gasteiger partial charge < -0.3 is 14.6 Å². The molecule has 1 amide bonds. The van der Waals surface area contributed by atoms with Crippen molar-refractivity contribution in [1.29, 1.82) is 0 Å². The highest BCUT2D eigenvalue weighted by Crippen LogP contribution is 2.20. The third-order valence-electron chi connectivity index (χ3n) is 3.72. The maximum absolute atomic E-state index is 12.2. The zero-order valence-electron chi connectivity index (χ0n) is 15.1. The molecule has 1 aromatic heterocycles. The van der Waals surface area contributed by atoms with Gasteiger partial charge >= 0.3 is 0 Å². The van der Waals surface area contributed by atoms with Gasteiger partial charge in [0.1, 0.15) is 12.4 Å².